The monoisotopic (exact) mass is 308 g/mol. The van der Waals surface area contributed by atoms with E-state index in [0.717, 1.165) is 31.6 Å². The molecular weight excluding hydrogens is 276 g/mol. The van der Waals surface area contributed by atoms with Crippen LogP contribution < -0.4 is 5.32 Å². The van der Waals surface area contributed by atoms with Crippen molar-refractivity contribution in [2.24, 2.45) is 11.8 Å². The van der Waals surface area contributed by atoms with E-state index < -0.39 is 0 Å². The van der Waals surface area contributed by atoms with Crippen LogP contribution in [-0.2, 0) is 9.59 Å². The van der Waals surface area contributed by atoms with Crippen molar-refractivity contribution >= 4 is 11.8 Å². The number of nitrogens with zero attached hydrogens (tertiary/aromatic N) is 1. The molecule has 126 valence electrons. The third-order valence-electron chi connectivity index (χ3n) is 5.10. The summed E-state index contributed by atoms with van der Waals surface area (Å²) in [5.41, 5.74) is 0. The molecule has 2 amide bonds. The minimum absolute atomic E-state index is 0.0749. The minimum Gasteiger partial charge on any atom is -0.353 e. The number of hydrogen-bond acceptors (Lipinski definition) is 2. The van der Waals surface area contributed by atoms with Crippen molar-refractivity contribution in [3.8, 4) is 0 Å². The quantitative estimate of drug-likeness (QED) is 0.785. The predicted molar refractivity (Wildman–Crippen MR) is 88.4 cm³/mol. The van der Waals surface area contributed by atoms with Crippen molar-refractivity contribution in [1.82, 2.24) is 10.2 Å². The van der Waals surface area contributed by atoms with Crippen LogP contribution in [0.5, 0.6) is 0 Å². The van der Waals surface area contributed by atoms with Crippen molar-refractivity contribution in [2.75, 3.05) is 6.54 Å². The first-order valence-electron chi connectivity index (χ1n) is 9.07. The Morgan fingerprint density at radius 3 is 2.55 bits per heavy atom. The van der Waals surface area contributed by atoms with Crippen LogP contribution in [0.25, 0.3) is 0 Å². The first-order valence-corrected chi connectivity index (χ1v) is 9.07. The highest BCUT2D eigenvalue weighted by Gasteiger charge is 2.38. The Morgan fingerprint density at radius 1 is 1.23 bits per heavy atom. The van der Waals surface area contributed by atoms with E-state index in [1.54, 1.807) is 0 Å². The molecule has 0 spiro atoms. The van der Waals surface area contributed by atoms with E-state index in [9.17, 15) is 9.59 Å². The summed E-state index contributed by atoms with van der Waals surface area (Å²) in [5, 5.41) is 3.11. The molecule has 2 fully saturated rings. The fourth-order valence-electron chi connectivity index (χ4n) is 3.74. The van der Waals surface area contributed by atoms with Gasteiger partial charge < -0.3 is 10.2 Å². The molecule has 0 bridgehead atoms. The second-order valence-corrected chi connectivity index (χ2v) is 7.62. The Balaban J connectivity index is 1.74. The Labute approximate surface area is 135 Å². The number of likely N-dealkylation sites (tertiary alicyclic amines) is 1. The largest absolute Gasteiger partial charge is 0.353 e. The number of carbonyl (C=O) groups is 2. The van der Waals surface area contributed by atoms with E-state index in [-0.39, 0.29) is 23.8 Å². The van der Waals surface area contributed by atoms with Crippen LogP contribution in [0.15, 0.2) is 0 Å². The third kappa shape index (κ3) is 4.72. The fourth-order valence-corrected chi connectivity index (χ4v) is 3.74. The highest BCUT2D eigenvalue weighted by atomic mass is 16.2. The zero-order chi connectivity index (χ0) is 16.1. The number of hydrogen-bond donors (Lipinski definition) is 1. The first-order chi connectivity index (χ1) is 10.5. The number of rotatable bonds is 7. The zero-order valence-corrected chi connectivity index (χ0v) is 14.4. The summed E-state index contributed by atoms with van der Waals surface area (Å²) in [6.07, 6.45) is 8.46. The molecular formula is C18H32N2O2. The minimum atomic E-state index is -0.138. The lowest BCUT2D eigenvalue weighted by molar-refractivity contribution is -0.130. The van der Waals surface area contributed by atoms with Gasteiger partial charge in [-0.3, -0.25) is 9.59 Å². The fraction of sp³-hybridized carbons (Fsp3) is 0.889. The molecule has 1 aliphatic carbocycles. The van der Waals surface area contributed by atoms with Gasteiger partial charge in [0.05, 0.1) is 5.92 Å². The molecule has 0 aromatic heterocycles. The highest BCUT2D eigenvalue weighted by molar-refractivity contribution is 5.89. The average molecular weight is 308 g/mol. The molecule has 0 radical (unpaired) electrons. The van der Waals surface area contributed by atoms with Gasteiger partial charge in [0.15, 0.2) is 0 Å². The van der Waals surface area contributed by atoms with E-state index in [0.29, 0.717) is 19.0 Å². The van der Waals surface area contributed by atoms with E-state index in [1.165, 1.54) is 19.3 Å². The summed E-state index contributed by atoms with van der Waals surface area (Å²) >= 11 is 0. The Morgan fingerprint density at radius 2 is 1.91 bits per heavy atom. The Kier molecular flexibility index (Phi) is 6.27. The second-order valence-electron chi connectivity index (χ2n) is 7.62. The molecule has 1 N–H and O–H groups in total. The highest BCUT2D eigenvalue weighted by Crippen LogP contribution is 2.29. The van der Waals surface area contributed by atoms with Crippen LogP contribution in [0.4, 0.5) is 0 Å². The molecule has 1 saturated heterocycles. The standard InChI is InChI=1S/C18H32N2O2/c1-13(2)7-6-8-14(3)19-18(22)15-11-17(21)20(12-15)16-9-4-5-10-16/h13-16H,4-12H2,1-3H3,(H,19,22). The number of amides is 2. The first kappa shape index (κ1) is 17.3. The van der Waals surface area contributed by atoms with Crippen LogP contribution in [-0.4, -0.2) is 35.3 Å². The van der Waals surface area contributed by atoms with E-state index in [4.69, 9.17) is 0 Å². The molecule has 4 nitrogen and oxygen atoms in total. The van der Waals surface area contributed by atoms with Gasteiger partial charge in [-0.15, -0.1) is 0 Å². The summed E-state index contributed by atoms with van der Waals surface area (Å²) in [4.78, 5) is 26.5. The lowest BCUT2D eigenvalue weighted by Crippen LogP contribution is -2.39. The van der Waals surface area contributed by atoms with Crippen LogP contribution >= 0.6 is 0 Å². The van der Waals surface area contributed by atoms with Crippen molar-refractivity contribution in [1.29, 1.82) is 0 Å². The van der Waals surface area contributed by atoms with Crippen LogP contribution in [0, 0.1) is 11.8 Å². The van der Waals surface area contributed by atoms with Gasteiger partial charge >= 0.3 is 0 Å². The topological polar surface area (TPSA) is 49.4 Å². The predicted octanol–water partition coefficient (Wildman–Crippen LogP) is 3.11. The molecule has 22 heavy (non-hydrogen) atoms. The Bertz CT molecular complexity index is 389. The maximum absolute atomic E-state index is 12.4. The van der Waals surface area contributed by atoms with E-state index in [1.807, 2.05) is 4.90 Å². The van der Waals surface area contributed by atoms with Crippen molar-refractivity contribution < 1.29 is 9.59 Å². The van der Waals surface area contributed by atoms with Gasteiger partial charge in [-0.25, -0.2) is 0 Å². The lowest BCUT2D eigenvalue weighted by Gasteiger charge is -2.24. The van der Waals surface area contributed by atoms with Gasteiger partial charge in [0, 0.05) is 25.0 Å². The lowest BCUT2D eigenvalue weighted by atomic mass is 10.0. The SMILES string of the molecule is CC(C)CCCC(C)NC(=O)C1CC(=O)N(C2CCCC2)C1. The molecule has 2 rings (SSSR count). The van der Waals surface area contributed by atoms with Crippen LogP contribution in [0.2, 0.25) is 0 Å². The molecule has 4 heteroatoms. The molecule has 0 aromatic carbocycles. The van der Waals surface area contributed by atoms with Gasteiger partial charge in [-0.05, 0) is 32.1 Å². The summed E-state index contributed by atoms with van der Waals surface area (Å²) in [5.74, 6) is 0.835. The van der Waals surface area contributed by atoms with Crippen molar-refractivity contribution in [3.05, 3.63) is 0 Å². The average Bonchev–Trinajstić information content (AvgIpc) is 3.06. The van der Waals surface area contributed by atoms with E-state index in [2.05, 4.69) is 26.1 Å². The van der Waals surface area contributed by atoms with Gasteiger partial charge in [0.25, 0.3) is 0 Å². The van der Waals surface area contributed by atoms with Crippen LogP contribution in [0.3, 0.4) is 0 Å². The zero-order valence-electron chi connectivity index (χ0n) is 14.4. The molecule has 1 saturated carbocycles. The van der Waals surface area contributed by atoms with Gasteiger partial charge in [0.2, 0.25) is 11.8 Å². The van der Waals surface area contributed by atoms with Gasteiger partial charge in [-0.1, -0.05) is 39.5 Å². The number of nitrogens with one attached hydrogen (secondary N) is 1. The summed E-state index contributed by atoms with van der Waals surface area (Å²) in [6.45, 7) is 7.16. The number of carbonyl (C=O) groups excluding carboxylic acids is 2. The Hall–Kier alpha value is -1.06. The van der Waals surface area contributed by atoms with Crippen molar-refractivity contribution in [3.63, 3.8) is 0 Å². The van der Waals surface area contributed by atoms with Crippen molar-refractivity contribution in [2.45, 2.75) is 84.2 Å². The molecule has 2 atom stereocenters. The van der Waals surface area contributed by atoms with E-state index >= 15 is 0 Å². The molecule has 1 aliphatic heterocycles. The molecule has 0 aromatic rings. The smallest absolute Gasteiger partial charge is 0.225 e. The molecule has 2 unspecified atom stereocenters. The normalized spacial score (nSPS) is 24.3. The third-order valence-corrected chi connectivity index (χ3v) is 5.10. The van der Waals surface area contributed by atoms with Gasteiger partial charge in [-0.2, -0.15) is 0 Å². The second kappa shape index (κ2) is 7.98. The summed E-state index contributed by atoms with van der Waals surface area (Å²) in [7, 11) is 0. The van der Waals surface area contributed by atoms with Gasteiger partial charge in [0.1, 0.15) is 0 Å². The summed E-state index contributed by atoms with van der Waals surface area (Å²) in [6, 6.07) is 0.607. The molecule has 2 aliphatic rings. The summed E-state index contributed by atoms with van der Waals surface area (Å²) < 4.78 is 0. The maximum Gasteiger partial charge on any atom is 0.225 e. The van der Waals surface area contributed by atoms with Crippen LogP contribution in [0.1, 0.15) is 72.1 Å². The molecule has 1 heterocycles. The maximum atomic E-state index is 12.4.